The Kier molecular flexibility index (Phi) is 7.86. The molecule has 0 unspecified atom stereocenters. The quantitative estimate of drug-likeness (QED) is 0.598. The normalized spacial score (nSPS) is 10.4. The zero-order valence-electron chi connectivity index (χ0n) is 11.4. The SMILES string of the molecule is NCCCCCCC(=O)Nc1ccc(CCO)cc1. The lowest BCUT2D eigenvalue weighted by Gasteiger charge is -2.06. The van der Waals surface area contributed by atoms with Crippen molar-refractivity contribution in [2.45, 2.75) is 38.5 Å². The topological polar surface area (TPSA) is 75.4 Å². The van der Waals surface area contributed by atoms with Crippen molar-refractivity contribution in [1.29, 1.82) is 0 Å². The number of hydrogen-bond acceptors (Lipinski definition) is 3. The fourth-order valence-corrected chi connectivity index (χ4v) is 1.89. The summed E-state index contributed by atoms with van der Waals surface area (Å²) in [4.78, 5) is 11.7. The van der Waals surface area contributed by atoms with Crippen LogP contribution in [-0.4, -0.2) is 24.2 Å². The Morgan fingerprint density at radius 2 is 1.79 bits per heavy atom. The highest BCUT2D eigenvalue weighted by atomic mass is 16.2. The molecule has 0 aliphatic heterocycles. The molecule has 1 rings (SSSR count). The van der Waals surface area contributed by atoms with E-state index in [0.29, 0.717) is 12.8 Å². The molecule has 1 aromatic rings. The van der Waals surface area contributed by atoms with Gasteiger partial charge in [0.05, 0.1) is 0 Å². The van der Waals surface area contributed by atoms with Crippen LogP contribution in [0.4, 0.5) is 5.69 Å². The van der Waals surface area contributed by atoms with Gasteiger partial charge >= 0.3 is 0 Å². The number of carbonyl (C=O) groups excluding carboxylic acids is 1. The molecular formula is C15H24N2O2. The van der Waals surface area contributed by atoms with Crippen molar-refractivity contribution in [2.24, 2.45) is 5.73 Å². The van der Waals surface area contributed by atoms with E-state index < -0.39 is 0 Å². The van der Waals surface area contributed by atoms with Crippen molar-refractivity contribution in [1.82, 2.24) is 0 Å². The molecule has 0 fully saturated rings. The summed E-state index contributed by atoms with van der Waals surface area (Å²) in [6, 6.07) is 7.59. The van der Waals surface area contributed by atoms with Crippen LogP contribution in [0, 0.1) is 0 Å². The van der Waals surface area contributed by atoms with Gasteiger partial charge in [-0.25, -0.2) is 0 Å². The Balaban J connectivity index is 2.24. The minimum Gasteiger partial charge on any atom is -0.396 e. The fraction of sp³-hybridized carbons (Fsp3) is 0.533. The molecule has 0 aromatic heterocycles. The third-order valence-electron chi connectivity index (χ3n) is 3.00. The number of rotatable bonds is 9. The van der Waals surface area contributed by atoms with Crippen molar-refractivity contribution < 1.29 is 9.90 Å². The van der Waals surface area contributed by atoms with E-state index in [4.69, 9.17) is 10.8 Å². The molecule has 4 N–H and O–H groups in total. The summed E-state index contributed by atoms with van der Waals surface area (Å²) < 4.78 is 0. The van der Waals surface area contributed by atoms with E-state index in [1.807, 2.05) is 24.3 Å². The first-order valence-corrected chi connectivity index (χ1v) is 6.96. The number of benzene rings is 1. The largest absolute Gasteiger partial charge is 0.396 e. The van der Waals surface area contributed by atoms with Gasteiger partial charge in [0.1, 0.15) is 0 Å². The number of aliphatic hydroxyl groups is 1. The van der Waals surface area contributed by atoms with Gasteiger partial charge < -0.3 is 16.2 Å². The highest BCUT2D eigenvalue weighted by Crippen LogP contribution is 2.11. The molecular weight excluding hydrogens is 240 g/mol. The molecule has 19 heavy (non-hydrogen) atoms. The van der Waals surface area contributed by atoms with E-state index in [1.54, 1.807) is 0 Å². The molecule has 0 heterocycles. The first-order chi connectivity index (χ1) is 9.26. The van der Waals surface area contributed by atoms with Crippen LogP contribution in [0.25, 0.3) is 0 Å². The van der Waals surface area contributed by atoms with Crippen LogP contribution >= 0.6 is 0 Å². The van der Waals surface area contributed by atoms with Crippen molar-refractivity contribution in [3.05, 3.63) is 29.8 Å². The lowest BCUT2D eigenvalue weighted by Crippen LogP contribution is -2.11. The van der Waals surface area contributed by atoms with Gasteiger partial charge in [-0.05, 0) is 43.5 Å². The average molecular weight is 264 g/mol. The van der Waals surface area contributed by atoms with Gasteiger partial charge in [0.15, 0.2) is 0 Å². The molecule has 4 nitrogen and oxygen atoms in total. The number of nitrogens with one attached hydrogen (secondary N) is 1. The molecule has 0 aliphatic rings. The molecule has 0 aliphatic carbocycles. The van der Waals surface area contributed by atoms with Crippen molar-refractivity contribution in [3.63, 3.8) is 0 Å². The Bertz CT molecular complexity index is 363. The van der Waals surface area contributed by atoms with Gasteiger partial charge in [-0.15, -0.1) is 0 Å². The monoisotopic (exact) mass is 264 g/mol. The molecule has 0 saturated heterocycles. The minimum absolute atomic E-state index is 0.0580. The zero-order valence-corrected chi connectivity index (χ0v) is 11.4. The maximum absolute atomic E-state index is 11.7. The first kappa shape index (κ1) is 15.7. The summed E-state index contributed by atoms with van der Waals surface area (Å²) in [7, 11) is 0. The average Bonchev–Trinajstić information content (AvgIpc) is 2.41. The molecule has 4 heteroatoms. The molecule has 1 amide bonds. The van der Waals surface area contributed by atoms with E-state index in [2.05, 4.69) is 5.32 Å². The number of amides is 1. The second-order valence-corrected chi connectivity index (χ2v) is 4.67. The fourth-order valence-electron chi connectivity index (χ4n) is 1.89. The first-order valence-electron chi connectivity index (χ1n) is 6.96. The van der Waals surface area contributed by atoms with E-state index in [-0.39, 0.29) is 12.5 Å². The van der Waals surface area contributed by atoms with Crippen LogP contribution < -0.4 is 11.1 Å². The predicted octanol–water partition coefficient (Wildman–Crippen LogP) is 2.07. The molecule has 0 bridgehead atoms. The van der Waals surface area contributed by atoms with Gasteiger partial charge in [0.25, 0.3) is 0 Å². The van der Waals surface area contributed by atoms with Gasteiger partial charge in [0.2, 0.25) is 5.91 Å². The molecule has 0 atom stereocenters. The number of hydrogen-bond donors (Lipinski definition) is 3. The van der Waals surface area contributed by atoms with Gasteiger partial charge in [-0.2, -0.15) is 0 Å². The zero-order chi connectivity index (χ0) is 13.9. The lowest BCUT2D eigenvalue weighted by molar-refractivity contribution is -0.116. The van der Waals surface area contributed by atoms with Crippen molar-refractivity contribution in [2.75, 3.05) is 18.5 Å². The van der Waals surface area contributed by atoms with E-state index in [1.165, 1.54) is 0 Å². The Morgan fingerprint density at radius 3 is 2.42 bits per heavy atom. The minimum atomic E-state index is 0.0580. The van der Waals surface area contributed by atoms with Crippen LogP contribution in [0.2, 0.25) is 0 Å². The second kappa shape index (κ2) is 9.53. The summed E-state index contributed by atoms with van der Waals surface area (Å²) >= 11 is 0. The Hall–Kier alpha value is -1.39. The molecule has 0 saturated carbocycles. The Labute approximate surface area is 115 Å². The number of aliphatic hydroxyl groups excluding tert-OH is 1. The Morgan fingerprint density at radius 1 is 1.11 bits per heavy atom. The van der Waals surface area contributed by atoms with Crippen LogP contribution in [-0.2, 0) is 11.2 Å². The van der Waals surface area contributed by atoms with Crippen LogP contribution in [0.3, 0.4) is 0 Å². The number of anilines is 1. The highest BCUT2D eigenvalue weighted by molar-refractivity contribution is 5.90. The summed E-state index contributed by atoms with van der Waals surface area (Å²) in [6.07, 6.45) is 5.31. The molecule has 1 aromatic carbocycles. The third-order valence-corrected chi connectivity index (χ3v) is 3.00. The standard InChI is InChI=1S/C15H24N2O2/c16-11-4-2-1-3-5-15(19)17-14-8-6-13(7-9-14)10-12-18/h6-9,18H,1-5,10-12,16H2,(H,17,19). The molecule has 106 valence electrons. The van der Waals surface area contributed by atoms with Gasteiger partial charge in [0, 0.05) is 18.7 Å². The lowest BCUT2D eigenvalue weighted by atomic mass is 10.1. The number of unbranched alkanes of at least 4 members (excludes halogenated alkanes) is 3. The van der Waals surface area contributed by atoms with Crippen LogP contribution in [0.1, 0.15) is 37.7 Å². The maximum atomic E-state index is 11.7. The predicted molar refractivity (Wildman–Crippen MR) is 78.0 cm³/mol. The summed E-state index contributed by atoms with van der Waals surface area (Å²) in [5, 5.41) is 11.7. The highest BCUT2D eigenvalue weighted by Gasteiger charge is 2.02. The van der Waals surface area contributed by atoms with E-state index in [0.717, 1.165) is 43.5 Å². The maximum Gasteiger partial charge on any atom is 0.224 e. The van der Waals surface area contributed by atoms with Crippen LogP contribution in [0.15, 0.2) is 24.3 Å². The molecule has 0 spiro atoms. The number of nitrogens with two attached hydrogens (primary N) is 1. The van der Waals surface area contributed by atoms with Crippen molar-refractivity contribution in [3.8, 4) is 0 Å². The van der Waals surface area contributed by atoms with Crippen molar-refractivity contribution >= 4 is 11.6 Å². The van der Waals surface area contributed by atoms with E-state index in [9.17, 15) is 4.79 Å². The second-order valence-electron chi connectivity index (χ2n) is 4.67. The smallest absolute Gasteiger partial charge is 0.224 e. The summed E-state index contributed by atoms with van der Waals surface area (Å²) in [5.41, 5.74) is 7.30. The molecule has 0 radical (unpaired) electrons. The van der Waals surface area contributed by atoms with Gasteiger partial charge in [-0.3, -0.25) is 4.79 Å². The number of carbonyl (C=O) groups is 1. The van der Waals surface area contributed by atoms with E-state index >= 15 is 0 Å². The third kappa shape index (κ3) is 6.94. The van der Waals surface area contributed by atoms with Gasteiger partial charge in [-0.1, -0.05) is 25.0 Å². The van der Waals surface area contributed by atoms with Crippen LogP contribution in [0.5, 0.6) is 0 Å². The summed E-state index contributed by atoms with van der Waals surface area (Å²) in [5.74, 6) is 0.0580. The summed E-state index contributed by atoms with van der Waals surface area (Å²) in [6.45, 7) is 0.876.